The summed E-state index contributed by atoms with van der Waals surface area (Å²) >= 11 is 0.968. The molecule has 0 aliphatic carbocycles. The Bertz CT molecular complexity index is 1040. The molecule has 0 saturated heterocycles. The Morgan fingerprint density at radius 1 is 1.17 bits per heavy atom. The lowest BCUT2D eigenvalue weighted by Gasteiger charge is -2.21. The van der Waals surface area contributed by atoms with Crippen LogP contribution >= 0.6 is 11.3 Å². The van der Waals surface area contributed by atoms with Crippen molar-refractivity contribution in [3.8, 4) is 5.75 Å². The number of sulfonamides is 1. The Hall–Kier alpha value is -2.50. The van der Waals surface area contributed by atoms with Gasteiger partial charge in [0.25, 0.3) is 5.91 Å². The van der Waals surface area contributed by atoms with E-state index < -0.39 is 27.4 Å². The van der Waals surface area contributed by atoms with Crippen molar-refractivity contribution in [1.82, 2.24) is 9.71 Å². The number of aryl methyl sites for hydroxylation is 1. The molecule has 1 aromatic carbocycles. The van der Waals surface area contributed by atoms with E-state index in [2.05, 4.69) is 19.8 Å². The summed E-state index contributed by atoms with van der Waals surface area (Å²) in [5.74, 6) is -1.02. The van der Waals surface area contributed by atoms with Crippen LogP contribution in [0.25, 0.3) is 0 Å². The predicted octanol–water partition coefficient (Wildman–Crippen LogP) is 2.58. The number of benzene rings is 1. The highest BCUT2D eigenvalue weighted by Gasteiger charge is 2.27. The molecule has 2 rings (SSSR count). The topological polar surface area (TPSA) is 124 Å². The van der Waals surface area contributed by atoms with Gasteiger partial charge in [0.05, 0.1) is 19.9 Å². The van der Waals surface area contributed by atoms with E-state index in [1.807, 2.05) is 0 Å². The van der Waals surface area contributed by atoms with E-state index in [1.165, 1.54) is 32.4 Å². The van der Waals surface area contributed by atoms with E-state index >= 15 is 0 Å². The zero-order valence-electron chi connectivity index (χ0n) is 16.9. The fraction of sp³-hybridized carbons (Fsp3) is 0.389. The van der Waals surface area contributed by atoms with Gasteiger partial charge in [0.2, 0.25) is 10.0 Å². The van der Waals surface area contributed by atoms with Gasteiger partial charge in [-0.3, -0.25) is 10.1 Å². The fourth-order valence-corrected chi connectivity index (χ4v) is 4.88. The summed E-state index contributed by atoms with van der Waals surface area (Å²) in [6, 6.07) is 4.06. The van der Waals surface area contributed by atoms with Gasteiger partial charge in [-0.1, -0.05) is 11.3 Å². The SMILES string of the molecule is COC(=O)c1sc(NC(=O)c2ccc(OC)c(S(=O)(=O)NC(C)(C)C)c2)nc1C. The van der Waals surface area contributed by atoms with Crippen LogP contribution in [0.4, 0.5) is 5.13 Å². The van der Waals surface area contributed by atoms with Gasteiger partial charge >= 0.3 is 5.97 Å². The normalized spacial score (nSPS) is 11.8. The number of hydrogen-bond acceptors (Lipinski definition) is 8. The van der Waals surface area contributed by atoms with E-state index in [0.29, 0.717) is 5.69 Å². The molecule has 0 aliphatic rings. The fourth-order valence-electron chi connectivity index (χ4n) is 2.39. The molecule has 2 N–H and O–H groups in total. The minimum absolute atomic E-state index is 0.0903. The van der Waals surface area contributed by atoms with Gasteiger partial charge < -0.3 is 9.47 Å². The third-order valence-corrected chi connectivity index (χ3v) is 6.38. The molecule has 0 unspecified atom stereocenters. The summed E-state index contributed by atoms with van der Waals surface area (Å²) < 4.78 is 37.8. The molecule has 0 radical (unpaired) electrons. The molecule has 0 saturated carbocycles. The number of thiazole rings is 1. The summed E-state index contributed by atoms with van der Waals surface area (Å²) in [5, 5.41) is 2.76. The monoisotopic (exact) mass is 441 g/mol. The zero-order chi connectivity index (χ0) is 22.0. The number of aromatic nitrogens is 1. The molecule has 0 bridgehead atoms. The van der Waals surface area contributed by atoms with Crippen molar-refractivity contribution in [1.29, 1.82) is 0 Å². The van der Waals surface area contributed by atoms with Crippen LogP contribution in [0.2, 0.25) is 0 Å². The van der Waals surface area contributed by atoms with Crippen molar-refractivity contribution in [3.05, 3.63) is 34.3 Å². The molecule has 2 aromatic rings. The number of ether oxygens (including phenoxy) is 2. The average molecular weight is 442 g/mol. The number of nitrogens with zero attached hydrogens (tertiary/aromatic N) is 1. The summed E-state index contributed by atoms with van der Waals surface area (Å²) in [7, 11) is -1.34. The van der Waals surface area contributed by atoms with Gasteiger partial charge in [0.1, 0.15) is 15.5 Å². The van der Waals surface area contributed by atoms with E-state index in [-0.39, 0.29) is 26.2 Å². The average Bonchev–Trinajstić information content (AvgIpc) is 2.98. The minimum atomic E-state index is -3.94. The molecule has 0 spiro atoms. The number of methoxy groups -OCH3 is 2. The quantitative estimate of drug-likeness (QED) is 0.660. The maximum absolute atomic E-state index is 12.7. The first-order valence-electron chi connectivity index (χ1n) is 8.47. The highest BCUT2D eigenvalue weighted by Crippen LogP contribution is 2.28. The van der Waals surface area contributed by atoms with Gasteiger partial charge in [-0.05, 0) is 45.9 Å². The lowest BCUT2D eigenvalue weighted by Crippen LogP contribution is -2.40. The van der Waals surface area contributed by atoms with Crippen LogP contribution in [0.15, 0.2) is 23.1 Å². The lowest BCUT2D eigenvalue weighted by atomic mass is 10.1. The van der Waals surface area contributed by atoms with Crippen molar-refractivity contribution < 1.29 is 27.5 Å². The molecule has 0 aliphatic heterocycles. The smallest absolute Gasteiger partial charge is 0.350 e. The largest absolute Gasteiger partial charge is 0.495 e. The summed E-state index contributed by atoms with van der Waals surface area (Å²) in [4.78, 5) is 28.6. The van der Waals surface area contributed by atoms with Crippen molar-refractivity contribution in [2.75, 3.05) is 19.5 Å². The maximum atomic E-state index is 12.7. The molecule has 9 nitrogen and oxygen atoms in total. The first kappa shape index (κ1) is 22.8. The Balaban J connectivity index is 2.36. The van der Waals surface area contributed by atoms with Gasteiger partial charge in [0, 0.05) is 11.1 Å². The van der Waals surface area contributed by atoms with Crippen LogP contribution in [0.1, 0.15) is 46.5 Å². The third kappa shape index (κ3) is 5.52. The molecule has 0 atom stereocenters. The molecular weight excluding hydrogens is 418 g/mol. The number of anilines is 1. The van der Waals surface area contributed by atoms with Crippen LogP contribution < -0.4 is 14.8 Å². The molecular formula is C18H23N3O6S2. The van der Waals surface area contributed by atoms with Crippen LogP contribution in [-0.4, -0.2) is 45.0 Å². The van der Waals surface area contributed by atoms with E-state index in [9.17, 15) is 18.0 Å². The molecule has 29 heavy (non-hydrogen) atoms. The number of amides is 1. The number of nitrogens with one attached hydrogen (secondary N) is 2. The highest BCUT2D eigenvalue weighted by atomic mass is 32.2. The molecule has 1 heterocycles. The van der Waals surface area contributed by atoms with Crippen LogP contribution in [0.3, 0.4) is 0 Å². The number of hydrogen-bond donors (Lipinski definition) is 2. The zero-order valence-corrected chi connectivity index (χ0v) is 18.6. The first-order chi connectivity index (χ1) is 13.4. The number of esters is 1. The first-order valence-corrected chi connectivity index (χ1v) is 10.8. The molecule has 1 aromatic heterocycles. The molecule has 158 valence electrons. The van der Waals surface area contributed by atoms with Gasteiger partial charge in [-0.25, -0.2) is 22.9 Å². The van der Waals surface area contributed by atoms with Crippen molar-refractivity contribution in [2.24, 2.45) is 0 Å². The number of carbonyl (C=O) groups excluding carboxylic acids is 2. The van der Waals surface area contributed by atoms with Gasteiger partial charge in [-0.15, -0.1) is 0 Å². The Morgan fingerprint density at radius 2 is 1.83 bits per heavy atom. The minimum Gasteiger partial charge on any atom is -0.495 e. The van der Waals surface area contributed by atoms with Gasteiger partial charge in [0.15, 0.2) is 5.13 Å². The number of rotatable bonds is 6. The summed E-state index contributed by atoms with van der Waals surface area (Å²) in [5.41, 5.74) is -0.206. The maximum Gasteiger partial charge on any atom is 0.350 e. The van der Waals surface area contributed by atoms with Crippen LogP contribution in [-0.2, 0) is 14.8 Å². The lowest BCUT2D eigenvalue weighted by molar-refractivity contribution is 0.0605. The third-order valence-electron chi connectivity index (χ3n) is 3.54. The summed E-state index contributed by atoms with van der Waals surface area (Å²) in [6.45, 7) is 6.74. The second kappa shape index (κ2) is 8.47. The second-order valence-electron chi connectivity index (χ2n) is 7.10. The Labute approximate surface area is 173 Å². The van der Waals surface area contributed by atoms with E-state index in [0.717, 1.165) is 11.3 Å². The van der Waals surface area contributed by atoms with Crippen LogP contribution in [0, 0.1) is 6.92 Å². The Morgan fingerprint density at radius 3 is 2.38 bits per heavy atom. The molecule has 1 amide bonds. The summed E-state index contributed by atoms with van der Waals surface area (Å²) in [6.07, 6.45) is 0. The Kier molecular flexibility index (Phi) is 6.66. The predicted molar refractivity (Wildman–Crippen MR) is 109 cm³/mol. The van der Waals surface area contributed by atoms with E-state index in [4.69, 9.17) is 4.74 Å². The van der Waals surface area contributed by atoms with E-state index in [1.54, 1.807) is 27.7 Å². The number of carbonyl (C=O) groups is 2. The second-order valence-corrected chi connectivity index (χ2v) is 9.75. The van der Waals surface area contributed by atoms with Crippen molar-refractivity contribution >= 4 is 38.4 Å². The standard InChI is InChI=1S/C18H23N3O6S2/c1-10-14(16(23)27-6)28-17(19-10)20-15(22)11-7-8-12(26-5)13(9-11)29(24,25)21-18(2,3)4/h7-9,21H,1-6H3,(H,19,20,22). The van der Waals surface area contributed by atoms with Crippen LogP contribution in [0.5, 0.6) is 5.75 Å². The highest BCUT2D eigenvalue weighted by molar-refractivity contribution is 7.89. The molecule has 11 heteroatoms. The molecule has 0 fully saturated rings. The van der Waals surface area contributed by atoms with Crippen molar-refractivity contribution in [3.63, 3.8) is 0 Å². The van der Waals surface area contributed by atoms with Crippen molar-refractivity contribution in [2.45, 2.75) is 38.1 Å². The van der Waals surface area contributed by atoms with Gasteiger partial charge in [-0.2, -0.15) is 0 Å².